The van der Waals surface area contributed by atoms with E-state index in [-0.39, 0.29) is 5.91 Å². The molecule has 6 nitrogen and oxygen atoms in total. The number of methoxy groups -OCH3 is 3. The summed E-state index contributed by atoms with van der Waals surface area (Å²) in [5.74, 6) is 1.41. The zero-order valence-corrected chi connectivity index (χ0v) is 15.4. The number of hydrogen-bond acceptors (Lipinski definition) is 5. The van der Waals surface area contributed by atoms with E-state index >= 15 is 0 Å². The van der Waals surface area contributed by atoms with Crippen LogP contribution >= 0.6 is 0 Å². The monoisotopic (exact) mass is 364 g/mol. The van der Waals surface area contributed by atoms with Gasteiger partial charge in [0.25, 0.3) is 0 Å². The molecule has 1 amide bonds. The second kappa shape index (κ2) is 8.23. The maximum absolute atomic E-state index is 12.4. The molecule has 0 saturated heterocycles. The average molecular weight is 364 g/mol. The molecule has 0 atom stereocenters. The van der Waals surface area contributed by atoms with Gasteiger partial charge in [-0.25, -0.2) is 0 Å². The predicted molar refractivity (Wildman–Crippen MR) is 106 cm³/mol. The van der Waals surface area contributed by atoms with Crippen molar-refractivity contribution in [2.24, 2.45) is 0 Å². The molecule has 0 aliphatic carbocycles. The summed E-state index contributed by atoms with van der Waals surface area (Å²) in [4.78, 5) is 16.7. The average Bonchev–Trinajstić information content (AvgIpc) is 2.71. The topological polar surface area (TPSA) is 69.7 Å². The summed E-state index contributed by atoms with van der Waals surface area (Å²) >= 11 is 0. The van der Waals surface area contributed by atoms with E-state index in [0.717, 1.165) is 10.9 Å². The van der Waals surface area contributed by atoms with Crippen LogP contribution < -0.4 is 19.5 Å². The van der Waals surface area contributed by atoms with Crippen molar-refractivity contribution in [2.45, 2.75) is 0 Å². The van der Waals surface area contributed by atoms with Crippen LogP contribution in [-0.4, -0.2) is 32.2 Å². The van der Waals surface area contributed by atoms with Crippen LogP contribution in [0.5, 0.6) is 17.2 Å². The third kappa shape index (κ3) is 4.00. The molecular formula is C21H20N2O4. The summed E-state index contributed by atoms with van der Waals surface area (Å²) in [5, 5.41) is 3.82. The second-order valence-electron chi connectivity index (χ2n) is 5.65. The van der Waals surface area contributed by atoms with Gasteiger partial charge >= 0.3 is 0 Å². The molecule has 1 N–H and O–H groups in total. The zero-order valence-electron chi connectivity index (χ0n) is 15.4. The summed E-state index contributed by atoms with van der Waals surface area (Å²) < 4.78 is 15.9. The number of amides is 1. The van der Waals surface area contributed by atoms with Crippen LogP contribution in [0.1, 0.15) is 5.56 Å². The molecule has 2 aromatic carbocycles. The summed E-state index contributed by atoms with van der Waals surface area (Å²) in [6.45, 7) is 0. The molecule has 3 rings (SSSR count). The van der Waals surface area contributed by atoms with Crippen molar-refractivity contribution in [1.82, 2.24) is 4.98 Å². The zero-order chi connectivity index (χ0) is 19.2. The summed E-state index contributed by atoms with van der Waals surface area (Å²) in [7, 11) is 4.66. The Balaban J connectivity index is 1.84. The first-order chi connectivity index (χ1) is 13.2. The highest BCUT2D eigenvalue weighted by atomic mass is 16.5. The third-order valence-electron chi connectivity index (χ3n) is 4.04. The molecule has 0 aliphatic heterocycles. The number of nitrogens with zero attached hydrogens (tertiary/aromatic N) is 1. The maximum Gasteiger partial charge on any atom is 0.248 e. The van der Waals surface area contributed by atoms with Gasteiger partial charge < -0.3 is 19.5 Å². The minimum atomic E-state index is -0.273. The van der Waals surface area contributed by atoms with E-state index in [1.54, 1.807) is 45.7 Å². The highest BCUT2D eigenvalue weighted by Crippen LogP contribution is 2.35. The number of fused-ring (bicyclic) bond motifs is 1. The first kappa shape index (κ1) is 18.3. The van der Waals surface area contributed by atoms with E-state index in [9.17, 15) is 4.79 Å². The number of carbonyl (C=O) groups excluding carboxylic acids is 1. The number of benzene rings is 2. The van der Waals surface area contributed by atoms with Crippen LogP contribution in [0.25, 0.3) is 17.0 Å². The fourth-order valence-electron chi connectivity index (χ4n) is 2.73. The lowest BCUT2D eigenvalue weighted by atomic mass is 10.1. The number of pyridine rings is 1. The molecule has 0 spiro atoms. The summed E-state index contributed by atoms with van der Waals surface area (Å²) in [6.07, 6.45) is 4.79. The number of anilines is 1. The number of rotatable bonds is 6. The first-order valence-corrected chi connectivity index (χ1v) is 8.29. The Hall–Kier alpha value is -3.54. The van der Waals surface area contributed by atoms with Gasteiger partial charge in [-0.15, -0.1) is 0 Å². The number of hydrogen-bond donors (Lipinski definition) is 1. The van der Waals surface area contributed by atoms with Crippen molar-refractivity contribution in [3.63, 3.8) is 0 Å². The molecule has 0 saturated carbocycles. The fraction of sp³-hybridized carbons (Fsp3) is 0.143. The van der Waals surface area contributed by atoms with Crippen molar-refractivity contribution >= 4 is 28.6 Å². The molecular weight excluding hydrogens is 344 g/mol. The Morgan fingerprint density at radius 2 is 1.67 bits per heavy atom. The van der Waals surface area contributed by atoms with Gasteiger partial charge in [-0.05, 0) is 24.3 Å². The number of ether oxygens (including phenoxy) is 3. The Morgan fingerprint density at radius 3 is 2.41 bits per heavy atom. The molecule has 3 aromatic rings. The minimum Gasteiger partial charge on any atom is -0.496 e. The molecule has 1 heterocycles. The van der Waals surface area contributed by atoms with E-state index < -0.39 is 0 Å². The van der Waals surface area contributed by atoms with Gasteiger partial charge in [0.1, 0.15) is 5.75 Å². The Labute approximate surface area is 157 Å². The molecule has 0 bridgehead atoms. The first-order valence-electron chi connectivity index (χ1n) is 8.29. The molecule has 0 radical (unpaired) electrons. The van der Waals surface area contributed by atoms with Gasteiger partial charge in [0.15, 0.2) is 11.5 Å². The summed E-state index contributed by atoms with van der Waals surface area (Å²) in [6, 6.07) is 12.9. The minimum absolute atomic E-state index is 0.273. The normalized spacial score (nSPS) is 10.8. The van der Waals surface area contributed by atoms with Crippen molar-refractivity contribution in [3.05, 3.63) is 60.3 Å². The Bertz CT molecular complexity index is 993. The van der Waals surface area contributed by atoms with Crippen LogP contribution in [0, 0.1) is 0 Å². The molecule has 0 fully saturated rings. The van der Waals surface area contributed by atoms with Gasteiger partial charge in [-0.2, -0.15) is 0 Å². The standard InChI is InChI=1S/C21H20N2O4/c1-25-17-13-19(27-3)18(26-2)12-15(17)9-10-20(24)23-16-8-4-6-14-7-5-11-22-21(14)16/h4-13H,1-3H3,(H,23,24)/b10-9+. The van der Waals surface area contributed by atoms with Crippen LogP contribution in [-0.2, 0) is 4.79 Å². The lowest BCUT2D eigenvalue weighted by molar-refractivity contribution is -0.111. The van der Waals surface area contributed by atoms with E-state index in [2.05, 4.69) is 10.3 Å². The number of aromatic nitrogens is 1. The van der Waals surface area contributed by atoms with Crippen molar-refractivity contribution < 1.29 is 19.0 Å². The van der Waals surface area contributed by atoms with E-state index in [1.165, 1.54) is 6.08 Å². The molecule has 1 aromatic heterocycles. The van der Waals surface area contributed by atoms with Crippen LogP contribution in [0.3, 0.4) is 0 Å². The Morgan fingerprint density at radius 1 is 0.963 bits per heavy atom. The van der Waals surface area contributed by atoms with E-state index in [0.29, 0.717) is 28.5 Å². The Kier molecular flexibility index (Phi) is 5.56. The van der Waals surface area contributed by atoms with Crippen LogP contribution in [0.15, 0.2) is 54.7 Å². The molecule has 0 aliphatic rings. The molecule has 27 heavy (non-hydrogen) atoms. The molecule has 138 valence electrons. The molecule has 6 heteroatoms. The van der Waals surface area contributed by atoms with Gasteiger partial charge in [0.05, 0.1) is 32.5 Å². The van der Waals surface area contributed by atoms with Crippen LogP contribution in [0.2, 0.25) is 0 Å². The fourth-order valence-corrected chi connectivity index (χ4v) is 2.73. The van der Waals surface area contributed by atoms with E-state index in [1.807, 2.05) is 30.3 Å². The van der Waals surface area contributed by atoms with Crippen molar-refractivity contribution in [2.75, 3.05) is 26.6 Å². The van der Waals surface area contributed by atoms with E-state index in [4.69, 9.17) is 14.2 Å². The van der Waals surface area contributed by atoms with Gasteiger partial charge in [0.2, 0.25) is 5.91 Å². The van der Waals surface area contributed by atoms with Gasteiger partial charge in [0, 0.05) is 29.3 Å². The lowest BCUT2D eigenvalue weighted by Crippen LogP contribution is -2.08. The predicted octanol–water partition coefficient (Wildman–Crippen LogP) is 3.91. The summed E-state index contributed by atoms with van der Waals surface area (Å²) in [5.41, 5.74) is 2.09. The number of nitrogens with one attached hydrogen (secondary N) is 1. The van der Waals surface area contributed by atoms with Crippen molar-refractivity contribution in [3.8, 4) is 17.2 Å². The van der Waals surface area contributed by atoms with Gasteiger partial charge in [-0.1, -0.05) is 18.2 Å². The number of para-hydroxylation sites is 1. The SMILES string of the molecule is COc1cc(OC)c(OC)cc1/C=C/C(=O)Nc1cccc2cccnc12. The van der Waals surface area contributed by atoms with Crippen molar-refractivity contribution in [1.29, 1.82) is 0 Å². The highest BCUT2D eigenvalue weighted by molar-refractivity contribution is 6.06. The lowest BCUT2D eigenvalue weighted by Gasteiger charge is -2.12. The number of carbonyl (C=O) groups is 1. The highest BCUT2D eigenvalue weighted by Gasteiger charge is 2.10. The third-order valence-corrected chi connectivity index (χ3v) is 4.04. The van der Waals surface area contributed by atoms with Gasteiger partial charge in [-0.3, -0.25) is 9.78 Å². The second-order valence-corrected chi connectivity index (χ2v) is 5.65. The largest absolute Gasteiger partial charge is 0.496 e. The maximum atomic E-state index is 12.4. The smallest absolute Gasteiger partial charge is 0.248 e. The van der Waals surface area contributed by atoms with Crippen LogP contribution in [0.4, 0.5) is 5.69 Å². The quantitative estimate of drug-likeness (QED) is 0.672. The molecule has 0 unspecified atom stereocenters.